The van der Waals surface area contributed by atoms with Gasteiger partial charge in [-0.1, -0.05) is 45.0 Å². The van der Waals surface area contributed by atoms with Crippen LogP contribution in [0.4, 0.5) is 0 Å². The van der Waals surface area contributed by atoms with E-state index in [4.69, 9.17) is 0 Å². The highest BCUT2D eigenvalue weighted by Crippen LogP contribution is 2.28. The molecule has 0 heterocycles. The van der Waals surface area contributed by atoms with Crippen LogP contribution in [0.5, 0.6) is 0 Å². The number of nitrogens with one attached hydrogen (secondary N) is 1. The summed E-state index contributed by atoms with van der Waals surface area (Å²) in [6.07, 6.45) is 2.35. The van der Waals surface area contributed by atoms with E-state index in [9.17, 15) is 0 Å². The van der Waals surface area contributed by atoms with Gasteiger partial charge in [-0.2, -0.15) is 0 Å². The van der Waals surface area contributed by atoms with Crippen LogP contribution in [0.1, 0.15) is 44.2 Å². The Morgan fingerprint density at radius 1 is 1.25 bits per heavy atom. The fourth-order valence-electron chi connectivity index (χ4n) is 2.47. The maximum atomic E-state index is 3.28. The number of benzene rings is 1. The molecule has 90 valence electrons. The number of rotatable bonds is 6. The van der Waals surface area contributed by atoms with Crippen molar-refractivity contribution in [1.29, 1.82) is 0 Å². The van der Waals surface area contributed by atoms with Gasteiger partial charge in [0, 0.05) is 0 Å². The number of aryl methyl sites for hydroxylation is 1. The van der Waals surface area contributed by atoms with Crippen LogP contribution in [0, 0.1) is 5.92 Å². The molecule has 0 bridgehead atoms. The van der Waals surface area contributed by atoms with Gasteiger partial charge in [-0.3, -0.25) is 0 Å². The highest BCUT2D eigenvalue weighted by atomic mass is 14.8. The Labute approximate surface area is 100 Å². The van der Waals surface area contributed by atoms with Gasteiger partial charge in [0.1, 0.15) is 0 Å². The second-order valence-electron chi connectivity index (χ2n) is 4.65. The highest BCUT2D eigenvalue weighted by Gasteiger charge is 2.16. The zero-order valence-electron chi connectivity index (χ0n) is 11.1. The van der Waals surface area contributed by atoms with E-state index in [1.807, 2.05) is 7.05 Å². The normalized spacial score (nSPS) is 14.8. The van der Waals surface area contributed by atoms with Gasteiger partial charge in [0.2, 0.25) is 0 Å². The first kappa shape index (κ1) is 13.2. The largest absolute Gasteiger partial charge is 0.319 e. The summed E-state index contributed by atoms with van der Waals surface area (Å²) in [6, 6.07) is 9.07. The first-order valence-corrected chi connectivity index (χ1v) is 6.46. The van der Waals surface area contributed by atoms with Crippen LogP contribution in [0.3, 0.4) is 0 Å². The van der Waals surface area contributed by atoms with Crippen molar-refractivity contribution < 1.29 is 0 Å². The van der Waals surface area contributed by atoms with Crippen molar-refractivity contribution in [2.75, 3.05) is 13.6 Å². The van der Waals surface area contributed by atoms with Gasteiger partial charge < -0.3 is 5.32 Å². The third-order valence-corrected chi connectivity index (χ3v) is 3.44. The molecular formula is C15H25N. The molecule has 2 atom stereocenters. The minimum absolute atomic E-state index is 0.680. The van der Waals surface area contributed by atoms with Gasteiger partial charge in [0.15, 0.2) is 0 Å². The molecule has 16 heavy (non-hydrogen) atoms. The first-order chi connectivity index (χ1) is 7.72. The summed E-state index contributed by atoms with van der Waals surface area (Å²) in [5.41, 5.74) is 2.96. The maximum absolute atomic E-state index is 3.28. The quantitative estimate of drug-likeness (QED) is 0.771. The molecule has 0 aliphatic rings. The van der Waals surface area contributed by atoms with Crippen LogP contribution < -0.4 is 5.32 Å². The predicted octanol–water partition coefficient (Wildman–Crippen LogP) is 3.60. The topological polar surface area (TPSA) is 12.0 Å². The molecule has 2 unspecified atom stereocenters. The lowest BCUT2D eigenvalue weighted by Gasteiger charge is -2.23. The second kappa shape index (κ2) is 6.70. The molecule has 0 saturated heterocycles. The van der Waals surface area contributed by atoms with E-state index >= 15 is 0 Å². The monoisotopic (exact) mass is 219 g/mol. The molecule has 0 amide bonds. The summed E-state index contributed by atoms with van der Waals surface area (Å²) in [5, 5.41) is 3.28. The highest BCUT2D eigenvalue weighted by molar-refractivity contribution is 5.26. The second-order valence-corrected chi connectivity index (χ2v) is 4.65. The number of hydrogen-bond acceptors (Lipinski definition) is 1. The summed E-state index contributed by atoms with van der Waals surface area (Å²) in [6.45, 7) is 7.94. The van der Waals surface area contributed by atoms with E-state index in [2.05, 4.69) is 50.4 Å². The SMILES string of the molecule is CCc1cccc(C(CC)C(C)CNC)c1. The number of hydrogen-bond donors (Lipinski definition) is 1. The Bertz CT molecular complexity index is 306. The van der Waals surface area contributed by atoms with E-state index in [1.165, 1.54) is 17.5 Å². The van der Waals surface area contributed by atoms with Gasteiger partial charge in [0.05, 0.1) is 0 Å². The summed E-state index contributed by atoms with van der Waals surface area (Å²) >= 11 is 0. The van der Waals surface area contributed by atoms with Crippen LogP contribution in [0.15, 0.2) is 24.3 Å². The minimum atomic E-state index is 0.680. The van der Waals surface area contributed by atoms with Gasteiger partial charge in [-0.15, -0.1) is 0 Å². The average Bonchev–Trinajstić information content (AvgIpc) is 2.31. The molecule has 0 aromatic heterocycles. The standard InChI is InChI=1S/C15H25N/c1-5-13-8-7-9-14(10-13)15(6-2)12(3)11-16-4/h7-10,12,15-16H,5-6,11H2,1-4H3. The van der Waals surface area contributed by atoms with Gasteiger partial charge >= 0.3 is 0 Å². The van der Waals surface area contributed by atoms with Crippen molar-refractivity contribution in [3.8, 4) is 0 Å². The Morgan fingerprint density at radius 2 is 2.00 bits per heavy atom. The molecule has 0 aliphatic carbocycles. The lowest BCUT2D eigenvalue weighted by molar-refractivity contribution is 0.431. The molecule has 1 aromatic carbocycles. The van der Waals surface area contributed by atoms with Gasteiger partial charge in [0.25, 0.3) is 0 Å². The van der Waals surface area contributed by atoms with Crippen LogP contribution in [-0.4, -0.2) is 13.6 Å². The molecular weight excluding hydrogens is 194 g/mol. The van der Waals surface area contributed by atoms with E-state index in [0.717, 1.165) is 13.0 Å². The molecule has 1 rings (SSSR count). The van der Waals surface area contributed by atoms with E-state index in [1.54, 1.807) is 0 Å². The molecule has 0 spiro atoms. The molecule has 0 fully saturated rings. The van der Waals surface area contributed by atoms with Crippen LogP contribution in [-0.2, 0) is 6.42 Å². The smallest absolute Gasteiger partial charge is 0.00203 e. The van der Waals surface area contributed by atoms with E-state index < -0.39 is 0 Å². The average molecular weight is 219 g/mol. The zero-order chi connectivity index (χ0) is 12.0. The van der Waals surface area contributed by atoms with E-state index in [-0.39, 0.29) is 0 Å². The third-order valence-electron chi connectivity index (χ3n) is 3.44. The van der Waals surface area contributed by atoms with Crippen LogP contribution >= 0.6 is 0 Å². The Hall–Kier alpha value is -0.820. The Morgan fingerprint density at radius 3 is 2.56 bits per heavy atom. The van der Waals surface area contributed by atoms with Crippen LogP contribution in [0.2, 0.25) is 0 Å². The van der Waals surface area contributed by atoms with Crippen LogP contribution in [0.25, 0.3) is 0 Å². The molecule has 1 nitrogen and oxygen atoms in total. The molecule has 1 aromatic rings. The third kappa shape index (κ3) is 3.34. The van der Waals surface area contributed by atoms with E-state index in [0.29, 0.717) is 11.8 Å². The molecule has 0 radical (unpaired) electrons. The van der Waals surface area contributed by atoms with Crippen molar-refractivity contribution in [3.05, 3.63) is 35.4 Å². The first-order valence-electron chi connectivity index (χ1n) is 6.46. The molecule has 0 aliphatic heterocycles. The summed E-state index contributed by atoms with van der Waals surface area (Å²) in [5.74, 6) is 1.38. The molecule has 1 heteroatoms. The van der Waals surface area contributed by atoms with Gasteiger partial charge in [-0.25, -0.2) is 0 Å². The van der Waals surface area contributed by atoms with Crippen molar-refractivity contribution in [2.45, 2.75) is 39.5 Å². The predicted molar refractivity (Wildman–Crippen MR) is 71.9 cm³/mol. The van der Waals surface area contributed by atoms with Crippen molar-refractivity contribution >= 4 is 0 Å². The Kier molecular flexibility index (Phi) is 5.54. The fourth-order valence-corrected chi connectivity index (χ4v) is 2.47. The minimum Gasteiger partial charge on any atom is -0.319 e. The molecule has 0 saturated carbocycles. The maximum Gasteiger partial charge on any atom is -0.00203 e. The zero-order valence-corrected chi connectivity index (χ0v) is 11.1. The molecule has 1 N–H and O–H groups in total. The van der Waals surface area contributed by atoms with Crippen molar-refractivity contribution in [2.24, 2.45) is 5.92 Å². The lowest BCUT2D eigenvalue weighted by atomic mass is 9.84. The van der Waals surface area contributed by atoms with Crippen molar-refractivity contribution in [3.63, 3.8) is 0 Å². The lowest BCUT2D eigenvalue weighted by Crippen LogP contribution is -2.22. The fraction of sp³-hybridized carbons (Fsp3) is 0.600. The Balaban J connectivity index is 2.85. The van der Waals surface area contributed by atoms with Crippen molar-refractivity contribution in [1.82, 2.24) is 5.32 Å². The summed E-state index contributed by atoms with van der Waals surface area (Å²) in [7, 11) is 2.03. The van der Waals surface area contributed by atoms with Gasteiger partial charge in [-0.05, 0) is 49.4 Å². The summed E-state index contributed by atoms with van der Waals surface area (Å²) < 4.78 is 0. The summed E-state index contributed by atoms with van der Waals surface area (Å²) in [4.78, 5) is 0.